The quantitative estimate of drug-likeness (QED) is 0.462. The summed E-state index contributed by atoms with van der Waals surface area (Å²) in [5.41, 5.74) is 2.78. The predicted molar refractivity (Wildman–Crippen MR) is 144 cm³/mol. The van der Waals surface area contributed by atoms with Crippen LogP contribution in [0.15, 0.2) is 42.5 Å². The Bertz CT molecular complexity index is 1130. The number of ether oxygens (including phenoxy) is 1. The maximum Gasteiger partial charge on any atom is 0.244 e. The molecule has 0 radical (unpaired) electrons. The minimum Gasteiger partial charge on any atom is -0.497 e. The minimum absolute atomic E-state index is 0.0494. The summed E-state index contributed by atoms with van der Waals surface area (Å²) >= 11 is 0. The van der Waals surface area contributed by atoms with Crippen LogP contribution in [0.1, 0.15) is 50.3 Å². The standard InChI is InChI=1S/C27H39N3O5S/c1-8-21(5)28-27(32)24(9-2)29(17-22-13-15-23(35-6)16-14-22)25(31)18-30(36(7,33)34)26-19(3)11-10-12-20(26)4/h10-16,21,24H,8-9,17-18H2,1-7H3,(H,28,32)/t21-,24+/m1/s1. The maximum absolute atomic E-state index is 13.8. The van der Waals surface area contributed by atoms with Crippen LogP contribution in [-0.2, 0) is 26.2 Å². The summed E-state index contributed by atoms with van der Waals surface area (Å²) in [6.45, 7) is 9.10. The number of hydrogen-bond donors (Lipinski definition) is 1. The van der Waals surface area contributed by atoms with E-state index < -0.39 is 28.5 Å². The zero-order valence-corrected chi connectivity index (χ0v) is 23.2. The van der Waals surface area contributed by atoms with Crippen LogP contribution in [-0.4, -0.2) is 57.1 Å². The lowest BCUT2D eigenvalue weighted by Crippen LogP contribution is -2.53. The molecule has 2 amide bonds. The van der Waals surface area contributed by atoms with Crippen molar-refractivity contribution in [1.29, 1.82) is 0 Å². The molecule has 2 aromatic carbocycles. The van der Waals surface area contributed by atoms with Crippen molar-refractivity contribution in [2.24, 2.45) is 0 Å². The number of rotatable bonds is 12. The van der Waals surface area contributed by atoms with Crippen molar-refractivity contribution in [1.82, 2.24) is 10.2 Å². The Hall–Kier alpha value is -3.07. The first-order chi connectivity index (χ1) is 16.9. The summed E-state index contributed by atoms with van der Waals surface area (Å²) in [4.78, 5) is 28.5. The third-order valence-electron chi connectivity index (χ3n) is 6.27. The third-order valence-corrected chi connectivity index (χ3v) is 7.38. The average molecular weight is 518 g/mol. The van der Waals surface area contributed by atoms with Crippen LogP contribution >= 0.6 is 0 Å². The van der Waals surface area contributed by atoms with E-state index in [9.17, 15) is 18.0 Å². The molecular weight excluding hydrogens is 478 g/mol. The predicted octanol–water partition coefficient (Wildman–Crippen LogP) is 3.80. The van der Waals surface area contributed by atoms with Gasteiger partial charge < -0.3 is 15.0 Å². The van der Waals surface area contributed by atoms with Gasteiger partial charge in [0, 0.05) is 12.6 Å². The summed E-state index contributed by atoms with van der Waals surface area (Å²) in [6.07, 6.45) is 2.22. The Labute approximate surface area is 215 Å². The van der Waals surface area contributed by atoms with Gasteiger partial charge in [0.05, 0.1) is 19.1 Å². The number of amides is 2. The first kappa shape index (κ1) is 29.2. The van der Waals surface area contributed by atoms with Crippen molar-refractivity contribution < 1.29 is 22.7 Å². The summed E-state index contributed by atoms with van der Waals surface area (Å²) in [6, 6.07) is 11.9. The fourth-order valence-electron chi connectivity index (χ4n) is 4.06. The highest BCUT2D eigenvalue weighted by Crippen LogP contribution is 2.27. The van der Waals surface area contributed by atoms with Gasteiger partial charge in [0.2, 0.25) is 21.8 Å². The largest absolute Gasteiger partial charge is 0.497 e. The van der Waals surface area contributed by atoms with E-state index >= 15 is 0 Å². The topological polar surface area (TPSA) is 96.0 Å². The van der Waals surface area contributed by atoms with Crippen LogP contribution in [0.2, 0.25) is 0 Å². The second-order valence-corrected chi connectivity index (χ2v) is 11.0. The Kier molecular flexibility index (Phi) is 10.3. The highest BCUT2D eigenvalue weighted by atomic mass is 32.2. The Morgan fingerprint density at radius 2 is 1.58 bits per heavy atom. The molecule has 36 heavy (non-hydrogen) atoms. The lowest BCUT2D eigenvalue weighted by atomic mass is 10.1. The molecule has 2 atom stereocenters. The van der Waals surface area contributed by atoms with Gasteiger partial charge in [-0.05, 0) is 62.4 Å². The van der Waals surface area contributed by atoms with Gasteiger partial charge in [0.1, 0.15) is 18.3 Å². The van der Waals surface area contributed by atoms with E-state index in [-0.39, 0.29) is 18.5 Å². The van der Waals surface area contributed by atoms with E-state index in [0.29, 0.717) is 17.9 Å². The second-order valence-electron chi connectivity index (χ2n) is 9.12. The molecule has 0 aliphatic carbocycles. The van der Waals surface area contributed by atoms with Gasteiger partial charge in [-0.15, -0.1) is 0 Å². The molecular formula is C27H39N3O5S. The zero-order chi connectivity index (χ0) is 27.0. The maximum atomic E-state index is 13.8. The van der Waals surface area contributed by atoms with Crippen LogP contribution in [0.4, 0.5) is 5.69 Å². The van der Waals surface area contributed by atoms with E-state index in [1.165, 1.54) is 4.90 Å². The van der Waals surface area contributed by atoms with E-state index in [4.69, 9.17) is 4.74 Å². The lowest BCUT2D eigenvalue weighted by Gasteiger charge is -2.34. The number of methoxy groups -OCH3 is 1. The summed E-state index contributed by atoms with van der Waals surface area (Å²) < 4.78 is 32.1. The molecule has 0 saturated carbocycles. The molecule has 9 heteroatoms. The van der Waals surface area contributed by atoms with Gasteiger partial charge in [-0.3, -0.25) is 13.9 Å². The Morgan fingerprint density at radius 3 is 2.06 bits per heavy atom. The number of benzene rings is 2. The van der Waals surface area contributed by atoms with Crippen molar-refractivity contribution in [3.8, 4) is 5.75 Å². The minimum atomic E-state index is -3.78. The summed E-state index contributed by atoms with van der Waals surface area (Å²) in [5, 5.41) is 2.97. The van der Waals surface area contributed by atoms with E-state index in [1.54, 1.807) is 19.2 Å². The molecule has 2 rings (SSSR count). The Balaban J connectivity index is 2.49. The van der Waals surface area contributed by atoms with Crippen molar-refractivity contribution in [3.05, 3.63) is 59.2 Å². The van der Waals surface area contributed by atoms with E-state index in [1.807, 2.05) is 65.0 Å². The molecule has 198 valence electrons. The average Bonchev–Trinajstić information content (AvgIpc) is 2.82. The lowest BCUT2D eigenvalue weighted by molar-refractivity contribution is -0.140. The molecule has 8 nitrogen and oxygen atoms in total. The molecule has 0 aromatic heterocycles. The number of sulfonamides is 1. The van der Waals surface area contributed by atoms with Crippen molar-refractivity contribution in [3.63, 3.8) is 0 Å². The van der Waals surface area contributed by atoms with Gasteiger partial charge in [-0.2, -0.15) is 0 Å². The number of hydrogen-bond acceptors (Lipinski definition) is 5. The SMILES string of the molecule is CC[C@@H](C)NC(=O)[C@H](CC)N(Cc1ccc(OC)cc1)C(=O)CN(c1c(C)cccc1C)S(C)(=O)=O. The molecule has 0 aliphatic rings. The van der Waals surface area contributed by atoms with Gasteiger partial charge >= 0.3 is 0 Å². The van der Waals surface area contributed by atoms with Crippen LogP contribution in [0.5, 0.6) is 5.75 Å². The molecule has 0 spiro atoms. The number of aryl methyl sites for hydroxylation is 2. The molecule has 1 N–H and O–H groups in total. The molecule has 0 bridgehead atoms. The van der Waals surface area contributed by atoms with Crippen molar-refractivity contribution in [2.45, 2.75) is 66.1 Å². The van der Waals surface area contributed by atoms with Crippen LogP contribution < -0.4 is 14.4 Å². The molecule has 0 saturated heterocycles. The van der Waals surface area contributed by atoms with Gasteiger partial charge in [0.15, 0.2) is 0 Å². The highest BCUT2D eigenvalue weighted by Gasteiger charge is 2.32. The third kappa shape index (κ3) is 7.46. The van der Waals surface area contributed by atoms with Crippen molar-refractivity contribution >= 4 is 27.5 Å². The molecule has 0 heterocycles. The number of nitrogens with one attached hydrogen (secondary N) is 1. The van der Waals surface area contributed by atoms with Crippen LogP contribution in [0.3, 0.4) is 0 Å². The number of carbonyl (C=O) groups is 2. The summed E-state index contributed by atoms with van der Waals surface area (Å²) in [5.74, 6) is -0.0341. The normalized spacial score (nSPS) is 13.0. The first-order valence-electron chi connectivity index (χ1n) is 12.2. The fourth-order valence-corrected chi connectivity index (χ4v) is 5.03. The smallest absolute Gasteiger partial charge is 0.244 e. The molecule has 0 aliphatic heterocycles. The number of carbonyl (C=O) groups excluding carboxylic acids is 2. The fraction of sp³-hybridized carbons (Fsp3) is 0.481. The number of anilines is 1. The van der Waals surface area contributed by atoms with Crippen LogP contribution in [0, 0.1) is 13.8 Å². The van der Waals surface area contributed by atoms with Gasteiger partial charge in [-0.1, -0.05) is 44.2 Å². The Morgan fingerprint density at radius 1 is 1.00 bits per heavy atom. The summed E-state index contributed by atoms with van der Waals surface area (Å²) in [7, 11) is -2.21. The molecule has 0 unspecified atom stereocenters. The second kappa shape index (κ2) is 12.8. The number of nitrogens with zero attached hydrogens (tertiary/aromatic N) is 2. The monoisotopic (exact) mass is 517 g/mol. The highest BCUT2D eigenvalue weighted by molar-refractivity contribution is 7.92. The van der Waals surface area contributed by atoms with Gasteiger partial charge in [0.25, 0.3) is 0 Å². The van der Waals surface area contributed by atoms with E-state index in [0.717, 1.165) is 33.7 Å². The number of para-hydroxylation sites is 1. The molecule has 0 fully saturated rings. The van der Waals surface area contributed by atoms with E-state index in [2.05, 4.69) is 5.32 Å². The van der Waals surface area contributed by atoms with Gasteiger partial charge in [-0.25, -0.2) is 8.42 Å². The zero-order valence-electron chi connectivity index (χ0n) is 22.4. The van der Waals surface area contributed by atoms with Crippen LogP contribution in [0.25, 0.3) is 0 Å². The first-order valence-corrected chi connectivity index (χ1v) is 14.0. The van der Waals surface area contributed by atoms with Crippen molar-refractivity contribution in [2.75, 3.05) is 24.2 Å². The molecule has 2 aromatic rings.